The number of anilines is 1. The van der Waals surface area contributed by atoms with Crippen LogP contribution in [0.4, 0.5) is 5.69 Å². The summed E-state index contributed by atoms with van der Waals surface area (Å²) in [6.45, 7) is 2.68. The number of amides is 1. The van der Waals surface area contributed by atoms with E-state index >= 15 is 0 Å². The summed E-state index contributed by atoms with van der Waals surface area (Å²) in [7, 11) is 0. The number of carbonyl (C=O) groups excluding carboxylic acids is 2. The van der Waals surface area contributed by atoms with Crippen LogP contribution in [-0.2, 0) is 4.79 Å². The van der Waals surface area contributed by atoms with Gasteiger partial charge >= 0.3 is 0 Å². The molecule has 1 aromatic carbocycles. The fourth-order valence-electron chi connectivity index (χ4n) is 1.96. The minimum atomic E-state index is -0.436. The first-order valence-corrected chi connectivity index (χ1v) is 7.42. The van der Waals surface area contributed by atoms with Gasteiger partial charge in [0.2, 0.25) is 0 Å². The number of ketones is 1. The molecule has 0 fully saturated rings. The topological polar surface area (TPSA) is 37.4 Å². The maximum atomic E-state index is 11.9. The van der Waals surface area contributed by atoms with Crippen molar-refractivity contribution in [2.45, 2.75) is 13.3 Å². The second-order valence-corrected chi connectivity index (χ2v) is 5.83. The lowest BCUT2D eigenvalue weighted by Gasteiger charge is -2.16. The first kappa shape index (κ1) is 13.4. The molecule has 1 aromatic rings. The third kappa shape index (κ3) is 2.54. The highest BCUT2D eigenvalue weighted by Crippen LogP contribution is 2.31. The van der Waals surface area contributed by atoms with Crippen LogP contribution < -0.4 is 4.90 Å². The van der Waals surface area contributed by atoms with Crippen molar-refractivity contribution in [2.24, 2.45) is 0 Å². The monoisotopic (exact) mass is 283 g/mol. The SMILES string of the molecule is CCSCCCN1C(=O)C(=O)c2ccc(Cl)cc21. The Hall–Kier alpha value is -1.00. The maximum absolute atomic E-state index is 11.9. The molecule has 1 aliphatic heterocycles. The lowest BCUT2D eigenvalue weighted by atomic mass is 10.1. The van der Waals surface area contributed by atoms with Crippen molar-refractivity contribution >= 4 is 40.7 Å². The van der Waals surface area contributed by atoms with E-state index in [4.69, 9.17) is 11.6 Å². The lowest BCUT2D eigenvalue weighted by Crippen LogP contribution is -2.30. The standard InChI is InChI=1S/C13H14ClNO2S/c1-2-18-7-3-6-15-11-8-9(14)4-5-10(11)12(16)13(15)17/h4-5,8H,2-3,6-7H2,1H3. The smallest absolute Gasteiger partial charge is 0.299 e. The number of fused-ring (bicyclic) bond motifs is 1. The predicted molar refractivity (Wildman–Crippen MR) is 75.8 cm³/mol. The summed E-state index contributed by atoms with van der Waals surface area (Å²) < 4.78 is 0. The Kier molecular flexibility index (Phi) is 4.30. The van der Waals surface area contributed by atoms with Gasteiger partial charge in [0.1, 0.15) is 0 Å². The van der Waals surface area contributed by atoms with Crippen molar-refractivity contribution in [3.05, 3.63) is 28.8 Å². The zero-order valence-electron chi connectivity index (χ0n) is 10.1. The summed E-state index contributed by atoms with van der Waals surface area (Å²) in [6, 6.07) is 4.95. The molecule has 0 aliphatic carbocycles. The Labute approximate surface area is 115 Å². The van der Waals surface area contributed by atoms with Gasteiger partial charge in [-0.15, -0.1) is 0 Å². The second kappa shape index (κ2) is 5.76. The van der Waals surface area contributed by atoms with Crippen LogP contribution in [0.1, 0.15) is 23.7 Å². The molecule has 1 aliphatic rings. The molecule has 96 valence electrons. The van der Waals surface area contributed by atoms with Crippen LogP contribution in [0.5, 0.6) is 0 Å². The van der Waals surface area contributed by atoms with Gasteiger partial charge in [0.25, 0.3) is 11.7 Å². The first-order valence-electron chi connectivity index (χ1n) is 5.88. The molecule has 0 bridgehead atoms. The molecule has 0 aromatic heterocycles. The highest BCUT2D eigenvalue weighted by molar-refractivity contribution is 7.99. The van der Waals surface area contributed by atoms with Gasteiger partial charge in [0.05, 0.1) is 11.3 Å². The molecule has 18 heavy (non-hydrogen) atoms. The summed E-state index contributed by atoms with van der Waals surface area (Å²) in [6.07, 6.45) is 0.878. The fraction of sp³-hybridized carbons (Fsp3) is 0.385. The molecular formula is C13H14ClNO2S. The molecular weight excluding hydrogens is 270 g/mol. The van der Waals surface area contributed by atoms with Crippen LogP contribution in [0.15, 0.2) is 18.2 Å². The molecule has 0 spiro atoms. The quantitative estimate of drug-likeness (QED) is 0.616. The van der Waals surface area contributed by atoms with Crippen LogP contribution in [0.2, 0.25) is 5.02 Å². The average Bonchev–Trinajstić information content (AvgIpc) is 2.59. The van der Waals surface area contributed by atoms with E-state index < -0.39 is 11.7 Å². The van der Waals surface area contributed by atoms with Crippen LogP contribution in [0.3, 0.4) is 0 Å². The van der Waals surface area contributed by atoms with Crippen LogP contribution in [0.25, 0.3) is 0 Å². The molecule has 0 saturated carbocycles. The number of rotatable bonds is 5. The van der Waals surface area contributed by atoms with Crippen molar-refractivity contribution in [3.63, 3.8) is 0 Å². The van der Waals surface area contributed by atoms with E-state index in [0.717, 1.165) is 17.9 Å². The number of thioether (sulfide) groups is 1. The number of carbonyl (C=O) groups is 2. The highest BCUT2D eigenvalue weighted by atomic mass is 35.5. The van der Waals surface area contributed by atoms with E-state index in [2.05, 4.69) is 6.92 Å². The van der Waals surface area contributed by atoms with Gasteiger partial charge in [-0.3, -0.25) is 9.59 Å². The number of halogens is 1. The van der Waals surface area contributed by atoms with Crippen LogP contribution >= 0.6 is 23.4 Å². The van der Waals surface area contributed by atoms with E-state index in [0.29, 0.717) is 22.8 Å². The summed E-state index contributed by atoms with van der Waals surface area (Å²) in [5.74, 6) is 1.19. The predicted octanol–water partition coefficient (Wildman–Crippen LogP) is 3.01. The molecule has 1 heterocycles. The number of nitrogens with zero attached hydrogens (tertiary/aromatic N) is 1. The molecule has 0 unspecified atom stereocenters. The minimum Gasteiger partial charge on any atom is -0.305 e. The Balaban J connectivity index is 2.14. The number of Topliss-reactive ketones (excluding diaryl/α,β-unsaturated/α-hetero) is 1. The molecule has 0 atom stereocenters. The minimum absolute atomic E-state index is 0.426. The Morgan fingerprint density at radius 2 is 2.11 bits per heavy atom. The van der Waals surface area contributed by atoms with E-state index in [1.807, 2.05) is 11.8 Å². The summed E-state index contributed by atoms with van der Waals surface area (Å²) in [5.41, 5.74) is 1.12. The van der Waals surface area contributed by atoms with Gasteiger partial charge in [-0.25, -0.2) is 0 Å². The van der Waals surface area contributed by atoms with Gasteiger partial charge in [0, 0.05) is 11.6 Å². The summed E-state index contributed by atoms with van der Waals surface area (Å²) in [4.78, 5) is 25.2. The number of benzene rings is 1. The van der Waals surface area contributed by atoms with Gasteiger partial charge in [-0.1, -0.05) is 18.5 Å². The Morgan fingerprint density at radius 1 is 1.33 bits per heavy atom. The van der Waals surface area contributed by atoms with Crippen molar-refractivity contribution in [3.8, 4) is 0 Å². The molecule has 2 rings (SSSR count). The molecule has 1 amide bonds. The average molecular weight is 284 g/mol. The molecule has 3 nitrogen and oxygen atoms in total. The van der Waals surface area contributed by atoms with Crippen molar-refractivity contribution < 1.29 is 9.59 Å². The molecule has 0 radical (unpaired) electrons. The Morgan fingerprint density at radius 3 is 2.83 bits per heavy atom. The van der Waals surface area contributed by atoms with E-state index in [1.54, 1.807) is 23.1 Å². The third-order valence-corrected chi connectivity index (χ3v) is 4.03. The normalized spacial score (nSPS) is 14.2. The lowest BCUT2D eigenvalue weighted by molar-refractivity contribution is -0.114. The third-order valence-electron chi connectivity index (χ3n) is 2.81. The van der Waals surface area contributed by atoms with Gasteiger partial charge in [0.15, 0.2) is 0 Å². The largest absolute Gasteiger partial charge is 0.305 e. The number of hydrogen-bond donors (Lipinski definition) is 0. The molecule has 5 heteroatoms. The second-order valence-electron chi connectivity index (χ2n) is 4.00. The van der Waals surface area contributed by atoms with Crippen molar-refractivity contribution in [1.29, 1.82) is 0 Å². The van der Waals surface area contributed by atoms with E-state index in [9.17, 15) is 9.59 Å². The molecule has 0 N–H and O–H groups in total. The zero-order valence-corrected chi connectivity index (χ0v) is 11.7. The van der Waals surface area contributed by atoms with E-state index in [1.165, 1.54) is 0 Å². The van der Waals surface area contributed by atoms with Gasteiger partial charge in [-0.2, -0.15) is 11.8 Å². The first-order chi connectivity index (χ1) is 8.65. The van der Waals surface area contributed by atoms with Crippen molar-refractivity contribution in [1.82, 2.24) is 0 Å². The van der Waals surface area contributed by atoms with E-state index in [-0.39, 0.29) is 0 Å². The number of hydrogen-bond acceptors (Lipinski definition) is 3. The zero-order chi connectivity index (χ0) is 13.1. The highest BCUT2D eigenvalue weighted by Gasteiger charge is 2.35. The van der Waals surface area contributed by atoms with Gasteiger partial charge < -0.3 is 4.90 Å². The van der Waals surface area contributed by atoms with Gasteiger partial charge in [-0.05, 0) is 36.1 Å². The van der Waals surface area contributed by atoms with Crippen LogP contribution in [-0.4, -0.2) is 29.7 Å². The maximum Gasteiger partial charge on any atom is 0.299 e. The molecule has 0 saturated heterocycles. The fourth-order valence-corrected chi connectivity index (χ4v) is 2.75. The van der Waals surface area contributed by atoms with Crippen molar-refractivity contribution in [2.75, 3.05) is 23.0 Å². The summed E-state index contributed by atoms with van der Waals surface area (Å²) in [5, 5.41) is 0.546. The Bertz CT molecular complexity index is 490. The van der Waals surface area contributed by atoms with Crippen LogP contribution in [0, 0.1) is 0 Å². The summed E-state index contributed by atoms with van der Waals surface area (Å²) >= 11 is 7.74.